The van der Waals surface area contributed by atoms with E-state index in [1.807, 2.05) is 36.4 Å². The first-order valence-corrected chi connectivity index (χ1v) is 10.1. The van der Waals surface area contributed by atoms with Gasteiger partial charge in [-0.2, -0.15) is 0 Å². The highest BCUT2D eigenvalue weighted by molar-refractivity contribution is 6.17. The molecule has 29 heavy (non-hydrogen) atoms. The first-order chi connectivity index (χ1) is 14.1. The third kappa shape index (κ3) is 4.16. The summed E-state index contributed by atoms with van der Waals surface area (Å²) in [7, 11) is 0. The van der Waals surface area contributed by atoms with Crippen LogP contribution < -0.4 is 15.5 Å². The summed E-state index contributed by atoms with van der Waals surface area (Å²) in [5, 5.41) is 5.96. The van der Waals surface area contributed by atoms with Gasteiger partial charge in [-0.05, 0) is 43.4 Å². The summed E-state index contributed by atoms with van der Waals surface area (Å²) in [6.45, 7) is 0.584. The Morgan fingerprint density at radius 3 is 2.41 bits per heavy atom. The van der Waals surface area contributed by atoms with E-state index in [0.717, 1.165) is 6.42 Å². The van der Waals surface area contributed by atoms with Gasteiger partial charge in [0.05, 0.1) is 11.6 Å². The minimum absolute atomic E-state index is 0.00608. The van der Waals surface area contributed by atoms with E-state index in [-0.39, 0.29) is 29.7 Å². The van der Waals surface area contributed by atoms with E-state index in [1.54, 1.807) is 24.3 Å². The number of anilines is 1. The second-order valence-corrected chi connectivity index (χ2v) is 7.71. The van der Waals surface area contributed by atoms with Gasteiger partial charge in [0.2, 0.25) is 11.8 Å². The van der Waals surface area contributed by atoms with Crippen LogP contribution in [0.1, 0.15) is 24.8 Å². The highest BCUT2D eigenvalue weighted by Crippen LogP contribution is 2.34. The summed E-state index contributed by atoms with van der Waals surface area (Å²) in [6, 6.07) is 18.3. The largest absolute Gasteiger partial charge is 0.356 e. The van der Waals surface area contributed by atoms with Crippen LogP contribution in [0.4, 0.5) is 10.5 Å². The molecule has 0 spiro atoms. The zero-order chi connectivity index (χ0) is 20.2. The fourth-order valence-corrected chi connectivity index (χ4v) is 4.29. The van der Waals surface area contributed by atoms with Crippen molar-refractivity contribution >= 4 is 23.5 Å². The fraction of sp³-hybridized carbons (Fsp3) is 0.348. The third-order valence-corrected chi connectivity index (χ3v) is 5.84. The van der Waals surface area contributed by atoms with E-state index >= 15 is 0 Å². The lowest BCUT2D eigenvalue weighted by Crippen LogP contribution is -2.62. The number of nitrogens with zero attached hydrogens (tertiary/aromatic N) is 1. The molecule has 6 nitrogen and oxygen atoms in total. The van der Waals surface area contributed by atoms with Crippen molar-refractivity contribution in [2.24, 2.45) is 11.8 Å². The van der Waals surface area contributed by atoms with Gasteiger partial charge in [0, 0.05) is 18.5 Å². The van der Waals surface area contributed by atoms with Crippen LogP contribution >= 0.6 is 0 Å². The van der Waals surface area contributed by atoms with E-state index in [1.165, 1.54) is 10.5 Å². The number of benzene rings is 2. The average Bonchev–Trinajstić information content (AvgIpc) is 2.75. The number of imide groups is 1. The molecule has 2 fully saturated rings. The molecule has 4 amide bonds. The summed E-state index contributed by atoms with van der Waals surface area (Å²) in [6.07, 6.45) is 2.54. The number of carbonyl (C=O) groups excluding carboxylic acids is 3. The lowest BCUT2D eigenvalue weighted by Gasteiger charge is -2.41. The number of amides is 4. The van der Waals surface area contributed by atoms with Crippen LogP contribution in [-0.4, -0.2) is 30.4 Å². The van der Waals surface area contributed by atoms with Crippen molar-refractivity contribution in [2.45, 2.75) is 31.7 Å². The summed E-state index contributed by atoms with van der Waals surface area (Å²) in [5.74, 6) is -0.621. The molecule has 2 aromatic rings. The molecule has 3 atom stereocenters. The van der Waals surface area contributed by atoms with Crippen LogP contribution in [0.5, 0.6) is 0 Å². The van der Waals surface area contributed by atoms with Crippen molar-refractivity contribution in [3.05, 3.63) is 66.2 Å². The predicted octanol–water partition coefficient (Wildman–Crippen LogP) is 2.89. The SMILES string of the molecule is O=C(NCCc1ccccc1)C1CCC2C(=O)N(c3ccccc3)C(=O)NC2C1. The van der Waals surface area contributed by atoms with Crippen molar-refractivity contribution < 1.29 is 14.4 Å². The lowest BCUT2D eigenvalue weighted by atomic mass is 9.76. The topological polar surface area (TPSA) is 78.5 Å². The molecule has 0 bridgehead atoms. The van der Waals surface area contributed by atoms with E-state index in [4.69, 9.17) is 0 Å². The molecule has 150 valence electrons. The molecular weight excluding hydrogens is 366 g/mol. The Labute approximate surface area is 170 Å². The van der Waals surface area contributed by atoms with Crippen molar-refractivity contribution in [1.29, 1.82) is 0 Å². The Balaban J connectivity index is 1.34. The molecule has 1 aliphatic heterocycles. The molecule has 6 heteroatoms. The highest BCUT2D eigenvalue weighted by Gasteiger charge is 2.45. The van der Waals surface area contributed by atoms with Gasteiger partial charge >= 0.3 is 6.03 Å². The van der Waals surface area contributed by atoms with Crippen LogP contribution in [0.15, 0.2) is 60.7 Å². The van der Waals surface area contributed by atoms with Gasteiger partial charge in [0.1, 0.15) is 0 Å². The minimum atomic E-state index is -0.410. The highest BCUT2D eigenvalue weighted by atomic mass is 16.2. The molecule has 0 aromatic heterocycles. The Hall–Kier alpha value is -3.15. The Kier molecular flexibility index (Phi) is 5.60. The fourth-order valence-electron chi connectivity index (χ4n) is 4.29. The monoisotopic (exact) mass is 391 g/mol. The van der Waals surface area contributed by atoms with Crippen molar-refractivity contribution in [1.82, 2.24) is 10.6 Å². The maximum atomic E-state index is 12.9. The number of carbonyl (C=O) groups is 3. The minimum Gasteiger partial charge on any atom is -0.356 e. The summed E-state index contributed by atoms with van der Waals surface area (Å²) < 4.78 is 0. The van der Waals surface area contributed by atoms with Crippen LogP contribution in [0.3, 0.4) is 0 Å². The van der Waals surface area contributed by atoms with Crippen molar-refractivity contribution in [3.8, 4) is 0 Å². The van der Waals surface area contributed by atoms with Crippen molar-refractivity contribution in [3.63, 3.8) is 0 Å². The quantitative estimate of drug-likeness (QED) is 0.823. The molecular formula is C23H25N3O3. The maximum Gasteiger partial charge on any atom is 0.328 e. The second-order valence-electron chi connectivity index (χ2n) is 7.71. The first kappa shape index (κ1) is 19.2. The van der Waals surface area contributed by atoms with E-state index in [2.05, 4.69) is 10.6 Å². The van der Waals surface area contributed by atoms with E-state index in [9.17, 15) is 14.4 Å². The zero-order valence-electron chi connectivity index (χ0n) is 16.2. The number of fused-ring (bicyclic) bond motifs is 1. The second kappa shape index (κ2) is 8.47. The standard InChI is InChI=1S/C23H25N3O3/c27-21(24-14-13-16-7-3-1-4-8-16)17-11-12-19-20(15-17)25-23(29)26(22(19)28)18-9-5-2-6-10-18/h1-10,17,19-20H,11-15H2,(H,24,27)(H,25,29). The molecule has 1 heterocycles. The van der Waals surface area contributed by atoms with Crippen LogP contribution in [0, 0.1) is 11.8 Å². The van der Waals surface area contributed by atoms with Gasteiger partial charge in [0.25, 0.3) is 0 Å². The molecule has 1 saturated heterocycles. The van der Waals surface area contributed by atoms with Crippen LogP contribution in [0.2, 0.25) is 0 Å². The zero-order valence-corrected chi connectivity index (χ0v) is 16.2. The number of hydrogen-bond acceptors (Lipinski definition) is 3. The Morgan fingerprint density at radius 2 is 1.69 bits per heavy atom. The molecule has 0 radical (unpaired) electrons. The lowest BCUT2D eigenvalue weighted by molar-refractivity contribution is -0.130. The third-order valence-electron chi connectivity index (χ3n) is 5.84. The Bertz CT molecular complexity index is 885. The van der Waals surface area contributed by atoms with Gasteiger partial charge in [-0.3, -0.25) is 9.59 Å². The summed E-state index contributed by atoms with van der Waals surface area (Å²) >= 11 is 0. The molecule has 1 aliphatic carbocycles. The van der Waals surface area contributed by atoms with Gasteiger partial charge in [-0.25, -0.2) is 9.69 Å². The number of para-hydroxylation sites is 1. The van der Waals surface area contributed by atoms with Crippen LogP contribution in [0.25, 0.3) is 0 Å². The maximum absolute atomic E-state index is 12.9. The summed E-state index contributed by atoms with van der Waals surface area (Å²) in [5.41, 5.74) is 1.76. The molecule has 1 saturated carbocycles. The number of rotatable bonds is 5. The normalized spacial score (nSPS) is 23.9. The van der Waals surface area contributed by atoms with Crippen LogP contribution in [-0.2, 0) is 16.0 Å². The van der Waals surface area contributed by atoms with E-state index in [0.29, 0.717) is 31.5 Å². The average molecular weight is 391 g/mol. The van der Waals surface area contributed by atoms with Crippen molar-refractivity contribution in [2.75, 3.05) is 11.4 Å². The molecule has 2 N–H and O–H groups in total. The predicted molar refractivity (Wildman–Crippen MR) is 110 cm³/mol. The van der Waals surface area contributed by atoms with Gasteiger partial charge in [-0.15, -0.1) is 0 Å². The van der Waals surface area contributed by atoms with Gasteiger partial charge < -0.3 is 10.6 Å². The molecule has 2 aromatic carbocycles. The molecule has 2 aliphatic rings. The molecule has 3 unspecified atom stereocenters. The Morgan fingerprint density at radius 1 is 1.00 bits per heavy atom. The van der Waals surface area contributed by atoms with Gasteiger partial charge in [-0.1, -0.05) is 48.5 Å². The number of urea groups is 1. The van der Waals surface area contributed by atoms with Gasteiger partial charge in [0.15, 0.2) is 0 Å². The van der Waals surface area contributed by atoms with E-state index < -0.39 is 6.03 Å². The molecule has 4 rings (SSSR count). The first-order valence-electron chi connectivity index (χ1n) is 10.1. The summed E-state index contributed by atoms with van der Waals surface area (Å²) in [4.78, 5) is 39.3. The number of hydrogen-bond donors (Lipinski definition) is 2. The number of nitrogens with one attached hydrogen (secondary N) is 2. The smallest absolute Gasteiger partial charge is 0.328 e.